The summed E-state index contributed by atoms with van der Waals surface area (Å²) in [7, 11) is 1.81. The normalized spacial score (nSPS) is 21.4. The number of fused-ring (bicyclic) bond motifs is 1. The maximum atomic E-state index is 6.08. The van der Waals surface area contributed by atoms with Gasteiger partial charge in [0, 0.05) is 44.5 Å². The maximum Gasteiger partial charge on any atom is 0.191 e. The highest BCUT2D eigenvalue weighted by Gasteiger charge is 2.35. The minimum Gasteiger partial charge on any atom is -0.461 e. The molecule has 2 unspecified atom stereocenters. The quantitative estimate of drug-likeness (QED) is 0.616. The molecule has 1 aromatic carbocycles. The van der Waals surface area contributed by atoms with E-state index in [4.69, 9.17) is 9.15 Å². The summed E-state index contributed by atoms with van der Waals surface area (Å²) in [6.45, 7) is 9.32. The molecule has 2 N–H and O–H groups in total. The third-order valence-corrected chi connectivity index (χ3v) is 5.19. The molecule has 0 saturated carbocycles. The topological polar surface area (TPSA) is 58.8 Å². The minimum absolute atomic E-state index is 0.158. The first-order valence-corrected chi connectivity index (χ1v) is 10.0. The molecule has 1 aromatic heterocycles. The van der Waals surface area contributed by atoms with E-state index in [1.165, 1.54) is 6.42 Å². The molecule has 0 amide bonds. The molecule has 0 aliphatic carbocycles. The van der Waals surface area contributed by atoms with Crippen LogP contribution in [0.3, 0.4) is 0 Å². The van der Waals surface area contributed by atoms with Gasteiger partial charge in [0.1, 0.15) is 11.3 Å². The number of hydrogen-bond acceptors (Lipinski definition) is 3. The van der Waals surface area contributed by atoms with E-state index in [2.05, 4.69) is 48.5 Å². The Morgan fingerprint density at radius 2 is 2.04 bits per heavy atom. The summed E-state index contributed by atoms with van der Waals surface area (Å²) in [6, 6.07) is 10.2. The predicted octanol–water partition coefficient (Wildman–Crippen LogP) is 3.98. The van der Waals surface area contributed by atoms with Gasteiger partial charge in [0.2, 0.25) is 0 Å². The fraction of sp³-hybridized carbons (Fsp3) is 0.591. The van der Waals surface area contributed by atoms with Gasteiger partial charge in [-0.2, -0.15) is 0 Å². The number of nitrogens with one attached hydrogen (secondary N) is 2. The van der Waals surface area contributed by atoms with Crippen molar-refractivity contribution in [2.24, 2.45) is 16.3 Å². The Hall–Kier alpha value is -2.01. The molecule has 2 heterocycles. The van der Waals surface area contributed by atoms with Crippen LogP contribution in [0, 0.1) is 11.3 Å². The Labute approximate surface area is 162 Å². The summed E-state index contributed by atoms with van der Waals surface area (Å²) in [6.07, 6.45) is 3.45. The third-order valence-electron chi connectivity index (χ3n) is 5.19. The second kappa shape index (κ2) is 8.79. The Balaban J connectivity index is 1.47. The number of aliphatic imine (C=N–C) groups is 1. The van der Waals surface area contributed by atoms with Crippen LogP contribution < -0.4 is 10.6 Å². The van der Waals surface area contributed by atoms with Crippen molar-refractivity contribution in [1.29, 1.82) is 0 Å². The van der Waals surface area contributed by atoms with Gasteiger partial charge in [0.25, 0.3) is 0 Å². The number of ether oxygens (including phenoxy) is 1. The molecular weight excluding hydrogens is 338 g/mol. The largest absolute Gasteiger partial charge is 0.461 e. The number of rotatable bonds is 5. The Kier molecular flexibility index (Phi) is 6.42. The molecule has 1 saturated heterocycles. The molecule has 0 spiro atoms. The first kappa shape index (κ1) is 19.7. The van der Waals surface area contributed by atoms with Gasteiger partial charge in [-0.3, -0.25) is 4.99 Å². The van der Waals surface area contributed by atoms with Gasteiger partial charge in [0.05, 0.1) is 6.10 Å². The van der Waals surface area contributed by atoms with Gasteiger partial charge in [-0.1, -0.05) is 39.0 Å². The van der Waals surface area contributed by atoms with Gasteiger partial charge in [-0.25, -0.2) is 0 Å². The van der Waals surface area contributed by atoms with Crippen LogP contribution in [-0.2, 0) is 11.2 Å². The minimum atomic E-state index is 0.158. The molecule has 5 nitrogen and oxygen atoms in total. The highest BCUT2D eigenvalue weighted by molar-refractivity contribution is 5.80. The van der Waals surface area contributed by atoms with Crippen molar-refractivity contribution in [2.75, 3.05) is 26.7 Å². The molecule has 0 bridgehead atoms. The molecule has 2 atom stereocenters. The van der Waals surface area contributed by atoms with Crippen molar-refractivity contribution in [3.63, 3.8) is 0 Å². The highest BCUT2D eigenvalue weighted by atomic mass is 16.5. The maximum absolute atomic E-state index is 6.08. The van der Waals surface area contributed by atoms with Gasteiger partial charge in [-0.15, -0.1) is 0 Å². The van der Waals surface area contributed by atoms with E-state index < -0.39 is 0 Å². The number of para-hydroxylation sites is 1. The summed E-state index contributed by atoms with van der Waals surface area (Å²) in [5.41, 5.74) is 1.10. The Bertz CT molecular complexity index is 727. The molecule has 2 aromatic rings. The standard InChI is InChI=1S/C22H33N3O2/c1-22(2,3)20-17(9-7-13-26-20)15-25-21(23-4)24-12-11-18-14-16-8-5-6-10-19(16)27-18/h5-6,8,10,14,17,20H,7,9,11-13,15H2,1-4H3,(H2,23,24,25). The van der Waals surface area contributed by atoms with Gasteiger partial charge >= 0.3 is 0 Å². The number of benzene rings is 1. The lowest BCUT2D eigenvalue weighted by molar-refractivity contribution is -0.0835. The highest BCUT2D eigenvalue weighted by Crippen LogP contribution is 2.33. The second-order valence-corrected chi connectivity index (χ2v) is 8.44. The zero-order chi connectivity index (χ0) is 19.3. The zero-order valence-electron chi connectivity index (χ0n) is 17.0. The molecule has 1 fully saturated rings. The van der Waals surface area contributed by atoms with E-state index in [0.29, 0.717) is 5.92 Å². The number of guanidine groups is 1. The average molecular weight is 372 g/mol. The van der Waals surface area contributed by atoms with Crippen LogP contribution in [0.1, 0.15) is 39.4 Å². The summed E-state index contributed by atoms with van der Waals surface area (Å²) < 4.78 is 11.9. The summed E-state index contributed by atoms with van der Waals surface area (Å²) >= 11 is 0. The fourth-order valence-corrected chi connectivity index (χ4v) is 3.92. The summed E-state index contributed by atoms with van der Waals surface area (Å²) in [5, 5.41) is 8.03. The van der Waals surface area contributed by atoms with Crippen LogP contribution in [0.5, 0.6) is 0 Å². The molecule has 1 aliphatic heterocycles. The fourth-order valence-electron chi connectivity index (χ4n) is 3.92. The monoisotopic (exact) mass is 371 g/mol. The summed E-state index contributed by atoms with van der Waals surface area (Å²) in [5.74, 6) is 2.34. The van der Waals surface area contributed by atoms with Crippen LogP contribution in [-0.4, -0.2) is 38.8 Å². The zero-order valence-corrected chi connectivity index (χ0v) is 17.0. The molecule has 3 rings (SSSR count). The average Bonchev–Trinajstić information content (AvgIpc) is 3.06. The smallest absolute Gasteiger partial charge is 0.191 e. The first-order chi connectivity index (χ1) is 13.0. The van der Waals surface area contributed by atoms with Crippen molar-refractivity contribution in [3.8, 4) is 0 Å². The predicted molar refractivity (Wildman–Crippen MR) is 111 cm³/mol. The molecule has 0 radical (unpaired) electrons. The SMILES string of the molecule is CN=C(NCCc1cc2ccccc2o1)NCC1CCCOC1C(C)(C)C. The lowest BCUT2D eigenvalue weighted by Crippen LogP contribution is -2.47. The molecule has 5 heteroatoms. The Morgan fingerprint density at radius 3 is 2.78 bits per heavy atom. The van der Waals surface area contributed by atoms with E-state index in [0.717, 1.165) is 55.2 Å². The molecular formula is C22H33N3O2. The van der Waals surface area contributed by atoms with Crippen molar-refractivity contribution >= 4 is 16.9 Å². The number of furan rings is 1. The van der Waals surface area contributed by atoms with E-state index in [-0.39, 0.29) is 11.5 Å². The second-order valence-electron chi connectivity index (χ2n) is 8.44. The van der Waals surface area contributed by atoms with E-state index in [1.54, 1.807) is 0 Å². The van der Waals surface area contributed by atoms with Gasteiger partial charge in [0.15, 0.2) is 5.96 Å². The summed E-state index contributed by atoms with van der Waals surface area (Å²) in [4.78, 5) is 4.36. The lowest BCUT2D eigenvalue weighted by Gasteiger charge is -2.40. The van der Waals surface area contributed by atoms with Gasteiger partial charge in [-0.05, 0) is 30.4 Å². The van der Waals surface area contributed by atoms with Crippen molar-refractivity contribution in [2.45, 2.75) is 46.1 Å². The van der Waals surface area contributed by atoms with Crippen LogP contribution in [0.4, 0.5) is 0 Å². The lowest BCUT2D eigenvalue weighted by atomic mass is 9.78. The van der Waals surface area contributed by atoms with Crippen LogP contribution in [0.25, 0.3) is 11.0 Å². The van der Waals surface area contributed by atoms with Crippen LogP contribution >= 0.6 is 0 Å². The van der Waals surface area contributed by atoms with E-state index in [9.17, 15) is 0 Å². The van der Waals surface area contributed by atoms with Crippen LogP contribution in [0.2, 0.25) is 0 Å². The van der Waals surface area contributed by atoms with E-state index in [1.807, 2.05) is 25.2 Å². The first-order valence-electron chi connectivity index (χ1n) is 10.0. The Morgan fingerprint density at radius 1 is 1.22 bits per heavy atom. The molecule has 1 aliphatic rings. The van der Waals surface area contributed by atoms with Crippen molar-refractivity contribution in [3.05, 3.63) is 36.1 Å². The van der Waals surface area contributed by atoms with E-state index >= 15 is 0 Å². The molecule has 148 valence electrons. The molecule has 27 heavy (non-hydrogen) atoms. The van der Waals surface area contributed by atoms with Crippen molar-refractivity contribution < 1.29 is 9.15 Å². The van der Waals surface area contributed by atoms with Crippen LogP contribution in [0.15, 0.2) is 39.7 Å². The number of nitrogens with zero attached hydrogens (tertiary/aromatic N) is 1. The van der Waals surface area contributed by atoms with Crippen molar-refractivity contribution in [1.82, 2.24) is 10.6 Å². The number of hydrogen-bond donors (Lipinski definition) is 2. The van der Waals surface area contributed by atoms with Gasteiger partial charge < -0.3 is 19.8 Å². The third kappa shape index (κ3) is 5.25.